The second-order valence-electron chi connectivity index (χ2n) is 5.82. The fraction of sp³-hybridized carbons (Fsp3) is 0.562. The highest BCUT2D eigenvalue weighted by Crippen LogP contribution is 2.14. The minimum Gasteiger partial charge on any atom is -0.494 e. The van der Waals surface area contributed by atoms with E-state index in [1.165, 1.54) is 0 Å². The molecule has 0 aliphatic rings. The fourth-order valence-corrected chi connectivity index (χ4v) is 1.84. The van der Waals surface area contributed by atoms with Gasteiger partial charge in [-0.1, -0.05) is 12.1 Å². The lowest BCUT2D eigenvalue weighted by molar-refractivity contribution is -0.130. The van der Waals surface area contributed by atoms with Gasteiger partial charge in [-0.3, -0.25) is 4.79 Å². The van der Waals surface area contributed by atoms with E-state index in [2.05, 4.69) is 0 Å². The standard InChI is InChI=1S/C16H26N2O2/c1-5-20-14-8-6-13(7-9-14)12-18(4)15(19)10-11-16(2,3)17/h6-9H,5,10-12,17H2,1-4H3. The minimum absolute atomic E-state index is 0.123. The molecule has 1 aromatic carbocycles. The van der Waals surface area contributed by atoms with E-state index in [9.17, 15) is 4.79 Å². The summed E-state index contributed by atoms with van der Waals surface area (Å²) in [5.41, 5.74) is 6.69. The average Bonchev–Trinajstić information content (AvgIpc) is 2.37. The lowest BCUT2D eigenvalue weighted by atomic mass is 10.00. The van der Waals surface area contributed by atoms with Gasteiger partial charge in [0, 0.05) is 25.6 Å². The highest BCUT2D eigenvalue weighted by Gasteiger charge is 2.15. The van der Waals surface area contributed by atoms with E-state index in [0.29, 0.717) is 26.0 Å². The maximum atomic E-state index is 12.0. The zero-order valence-corrected chi connectivity index (χ0v) is 13.0. The highest BCUT2D eigenvalue weighted by molar-refractivity contribution is 5.75. The first-order valence-corrected chi connectivity index (χ1v) is 7.06. The van der Waals surface area contributed by atoms with E-state index in [-0.39, 0.29) is 11.4 Å². The van der Waals surface area contributed by atoms with Crippen LogP contribution in [0.25, 0.3) is 0 Å². The number of ether oxygens (including phenoxy) is 1. The van der Waals surface area contributed by atoms with Crippen molar-refractivity contribution in [2.75, 3.05) is 13.7 Å². The average molecular weight is 278 g/mol. The Morgan fingerprint density at radius 2 is 1.90 bits per heavy atom. The van der Waals surface area contributed by atoms with E-state index < -0.39 is 0 Å². The molecule has 0 aliphatic carbocycles. The predicted octanol–water partition coefficient (Wildman–Crippen LogP) is 2.56. The van der Waals surface area contributed by atoms with Crippen LogP contribution in [0.3, 0.4) is 0 Å². The Morgan fingerprint density at radius 3 is 2.40 bits per heavy atom. The van der Waals surface area contributed by atoms with Crippen LogP contribution in [0.5, 0.6) is 5.75 Å². The second kappa shape index (κ2) is 7.29. The maximum absolute atomic E-state index is 12.0. The van der Waals surface area contributed by atoms with Crippen LogP contribution in [0.4, 0.5) is 0 Å². The van der Waals surface area contributed by atoms with Gasteiger partial charge in [-0.15, -0.1) is 0 Å². The van der Waals surface area contributed by atoms with Crippen molar-refractivity contribution >= 4 is 5.91 Å². The van der Waals surface area contributed by atoms with Crippen LogP contribution in [-0.2, 0) is 11.3 Å². The number of carbonyl (C=O) groups excluding carboxylic acids is 1. The molecule has 1 rings (SSSR count). The molecule has 1 amide bonds. The summed E-state index contributed by atoms with van der Waals surface area (Å²) in [5, 5.41) is 0. The van der Waals surface area contributed by atoms with Crippen molar-refractivity contribution in [3.05, 3.63) is 29.8 Å². The lowest BCUT2D eigenvalue weighted by Crippen LogP contribution is -2.34. The summed E-state index contributed by atoms with van der Waals surface area (Å²) in [4.78, 5) is 13.7. The van der Waals surface area contributed by atoms with Crippen LogP contribution in [-0.4, -0.2) is 30.0 Å². The van der Waals surface area contributed by atoms with E-state index in [4.69, 9.17) is 10.5 Å². The van der Waals surface area contributed by atoms with Crippen LogP contribution >= 0.6 is 0 Å². The summed E-state index contributed by atoms with van der Waals surface area (Å²) in [6, 6.07) is 7.84. The first-order valence-electron chi connectivity index (χ1n) is 7.06. The van der Waals surface area contributed by atoms with Gasteiger partial charge in [0.1, 0.15) is 5.75 Å². The molecule has 1 aromatic rings. The van der Waals surface area contributed by atoms with Crippen LogP contribution in [0.1, 0.15) is 39.2 Å². The van der Waals surface area contributed by atoms with Crippen molar-refractivity contribution in [2.24, 2.45) is 5.73 Å². The van der Waals surface area contributed by atoms with E-state index in [1.54, 1.807) is 4.90 Å². The molecule has 0 saturated carbocycles. The summed E-state index contributed by atoms with van der Waals surface area (Å²) < 4.78 is 5.39. The largest absolute Gasteiger partial charge is 0.494 e. The Balaban J connectivity index is 2.48. The molecule has 0 aliphatic heterocycles. The lowest BCUT2D eigenvalue weighted by Gasteiger charge is -2.21. The third-order valence-corrected chi connectivity index (χ3v) is 3.06. The number of amides is 1. The van der Waals surface area contributed by atoms with Gasteiger partial charge in [-0.2, -0.15) is 0 Å². The molecule has 4 nitrogen and oxygen atoms in total. The van der Waals surface area contributed by atoms with Gasteiger partial charge in [0.2, 0.25) is 5.91 Å². The summed E-state index contributed by atoms with van der Waals surface area (Å²) in [6.45, 7) is 7.10. The van der Waals surface area contributed by atoms with Gasteiger partial charge in [0.05, 0.1) is 6.61 Å². The predicted molar refractivity (Wildman–Crippen MR) is 81.6 cm³/mol. The molecule has 112 valence electrons. The Labute approximate surface area is 121 Å². The molecule has 0 spiro atoms. The number of rotatable bonds is 7. The zero-order valence-electron chi connectivity index (χ0n) is 13.0. The number of nitrogens with zero attached hydrogens (tertiary/aromatic N) is 1. The second-order valence-corrected chi connectivity index (χ2v) is 5.82. The molecule has 0 heterocycles. The molecular formula is C16H26N2O2. The van der Waals surface area contributed by atoms with Gasteiger partial charge >= 0.3 is 0 Å². The minimum atomic E-state index is -0.296. The van der Waals surface area contributed by atoms with Crippen molar-refractivity contribution in [3.63, 3.8) is 0 Å². The van der Waals surface area contributed by atoms with Crippen molar-refractivity contribution in [3.8, 4) is 5.75 Å². The van der Waals surface area contributed by atoms with Gasteiger partial charge < -0.3 is 15.4 Å². The number of nitrogens with two attached hydrogens (primary N) is 1. The summed E-state index contributed by atoms with van der Waals surface area (Å²) >= 11 is 0. The molecule has 0 aromatic heterocycles. The van der Waals surface area contributed by atoms with Crippen LogP contribution < -0.4 is 10.5 Å². The summed E-state index contributed by atoms with van der Waals surface area (Å²) in [5.74, 6) is 0.979. The highest BCUT2D eigenvalue weighted by atomic mass is 16.5. The topological polar surface area (TPSA) is 55.6 Å². The normalized spacial score (nSPS) is 11.2. The Kier molecular flexibility index (Phi) is 6.02. The Hall–Kier alpha value is -1.55. The van der Waals surface area contributed by atoms with E-state index in [0.717, 1.165) is 11.3 Å². The monoisotopic (exact) mass is 278 g/mol. The summed E-state index contributed by atoms with van der Waals surface area (Å²) in [7, 11) is 1.82. The van der Waals surface area contributed by atoms with Crippen molar-refractivity contribution in [1.82, 2.24) is 4.90 Å². The number of benzene rings is 1. The van der Waals surface area contributed by atoms with Gasteiger partial charge in [-0.05, 0) is 44.9 Å². The van der Waals surface area contributed by atoms with Crippen LogP contribution in [0.2, 0.25) is 0 Å². The fourth-order valence-electron chi connectivity index (χ4n) is 1.84. The van der Waals surface area contributed by atoms with Crippen LogP contribution in [0.15, 0.2) is 24.3 Å². The van der Waals surface area contributed by atoms with Gasteiger partial charge in [-0.25, -0.2) is 0 Å². The first-order chi connectivity index (χ1) is 9.31. The number of hydrogen-bond acceptors (Lipinski definition) is 3. The molecule has 20 heavy (non-hydrogen) atoms. The molecule has 0 bridgehead atoms. The van der Waals surface area contributed by atoms with Gasteiger partial charge in [0.25, 0.3) is 0 Å². The van der Waals surface area contributed by atoms with Gasteiger partial charge in [0.15, 0.2) is 0 Å². The zero-order chi connectivity index (χ0) is 15.2. The van der Waals surface area contributed by atoms with Crippen molar-refractivity contribution < 1.29 is 9.53 Å². The number of hydrogen-bond donors (Lipinski definition) is 1. The molecule has 0 atom stereocenters. The molecule has 4 heteroatoms. The SMILES string of the molecule is CCOc1ccc(CN(C)C(=O)CCC(C)(C)N)cc1. The van der Waals surface area contributed by atoms with Crippen molar-refractivity contribution in [1.29, 1.82) is 0 Å². The molecular weight excluding hydrogens is 252 g/mol. The van der Waals surface area contributed by atoms with E-state index >= 15 is 0 Å². The van der Waals surface area contributed by atoms with Crippen molar-refractivity contribution in [2.45, 2.75) is 45.7 Å². The molecule has 0 radical (unpaired) electrons. The molecule has 0 saturated heterocycles. The molecule has 0 unspecified atom stereocenters. The van der Waals surface area contributed by atoms with Crippen LogP contribution in [0, 0.1) is 0 Å². The first kappa shape index (κ1) is 16.5. The molecule has 0 fully saturated rings. The Morgan fingerprint density at radius 1 is 1.30 bits per heavy atom. The maximum Gasteiger partial charge on any atom is 0.222 e. The summed E-state index contributed by atoms with van der Waals surface area (Å²) in [6.07, 6.45) is 1.18. The Bertz CT molecular complexity index is 421. The third-order valence-electron chi connectivity index (χ3n) is 3.06. The third kappa shape index (κ3) is 6.06. The van der Waals surface area contributed by atoms with E-state index in [1.807, 2.05) is 52.1 Å². The number of carbonyl (C=O) groups is 1. The molecule has 2 N–H and O–H groups in total. The quantitative estimate of drug-likeness (QED) is 0.834. The smallest absolute Gasteiger partial charge is 0.222 e.